The average molecular weight is 561 g/mol. The van der Waals surface area contributed by atoms with Crippen LogP contribution >= 0.6 is 15.9 Å². The predicted molar refractivity (Wildman–Crippen MR) is 145 cm³/mol. The highest BCUT2D eigenvalue weighted by Gasteiger charge is 2.18. The van der Waals surface area contributed by atoms with E-state index >= 15 is 0 Å². The summed E-state index contributed by atoms with van der Waals surface area (Å²) in [5.41, 5.74) is 3.59. The number of benzene rings is 4. The first kappa shape index (κ1) is 23.9. The van der Waals surface area contributed by atoms with Crippen molar-refractivity contribution in [2.24, 2.45) is 5.14 Å². The lowest BCUT2D eigenvalue weighted by atomic mass is 10.1. The van der Waals surface area contributed by atoms with E-state index in [1.165, 1.54) is 6.07 Å². The number of anilines is 1. The molecule has 0 aliphatic rings. The second-order valence-corrected chi connectivity index (χ2v) is 10.8. The highest BCUT2D eigenvalue weighted by atomic mass is 79.9. The fourth-order valence-electron chi connectivity index (χ4n) is 4.08. The molecule has 0 aliphatic heterocycles. The number of aryl methyl sites for hydroxylation is 1. The molecular weight excluding hydrogens is 540 g/mol. The van der Waals surface area contributed by atoms with Crippen LogP contribution in [0, 0.1) is 6.92 Å². The number of carbonyl (C=O) groups is 1. The number of carbonyl (C=O) groups excluding carboxylic acids is 1. The second kappa shape index (κ2) is 9.34. The zero-order valence-corrected chi connectivity index (χ0v) is 21.5. The minimum absolute atomic E-state index is 0.0514. The van der Waals surface area contributed by atoms with E-state index in [4.69, 9.17) is 5.14 Å². The van der Waals surface area contributed by atoms with Crippen LogP contribution in [0.1, 0.15) is 16.2 Å². The number of amides is 1. The first-order valence-electron chi connectivity index (χ1n) is 11.0. The van der Waals surface area contributed by atoms with Crippen LogP contribution < -0.4 is 10.5 Å². The Bertz CT molecular complexity index is 1730. The van der Waals surface area contributed by atoms with Gasteiger partial charge in [0, 0.05) is 15.7 Å². The SMILES string of the molecule is Cc1cc(C(=O)Nc2ccc3cc(Br)ccc3c2)n(-c2ccc(-c3ccccc3S(N)(=O)=O)cc2)n1. The lowest BCUT2D eigenvalue weighted by Crippen LogP contribution is -2.17. The Morgan fingerprint density at radius 3 is 2.36 bits per heavy atom. The van der Waals surface area contributed by atoms with Gasteiger partial charge in [0.25, 0.3) is 5.91 Å². The van der Waals surface area contributed by atoms with Crippen LogP contribution in [0.4, 0.5) is 5.69 Å². The van der Waals surface area contributed by atoms with E-state index < -0.39 is 10.0 Å². The topological polar surface area (TPSA) is 107 Å². The molecule has 4 aromatic carbocycles. The Kier molecular flexibility index (Phi) is 6.21. The van der Waals surface area contributed by atoms with Crippen molar-refractivity contribution in [2.75, 3.05) is 5.32 Å². The number of fused-ring (bicyclic) bond motifs is 1. The molecule has 5 aromatic rings. The van der Waals surface area contributed by atoms with Gasteiger partial charge >= 0.3 is 0 Å². The van der Waals surface area contributed by atoms with Gasteiger partial charge in [0.15, 0.2) is 0 Å². The third-order valence-corrected chi connectivity index (χ3v) is 7.20. The quantitative estimate of drug-likeness (QED) is 0.289. The number of aromatic nitrogens is 2. The molecule has 5 rings (SSSR count). The van der Waals surface area contributed by atoms with E-state index in [0.29, 0.717) is 33.9 Å². The Labute approximate surface area is 216 Å². The maximum Gasteiger partial charge on any atom is 0.274 e. The minimum atomic E-state index is -3.88. The van der Waals surface area contributed by atoms with Crippen molar-refractivity contribution in [3.05, 3.63) is 107 Å². The Balaban J connectivity index is 1.45. The number of halogens is 1. The number of sulfonamides is 1. The number of primary sulfonamides is 1. The van der Waals surface area contributed by atoms with Crippen molar-refractivity contribution in [3.63, 3.8) is 0 Å². The van der Waals surface area contributed by atoms with E-state index in [9.17, 15) is 13.2 Å². The predicted octanol–water partition coefficient (Wildman–Crippen LogP) is 5.66. The van der Waals surface area contributed by atoms with E-state index in [1.807, 2.05) is 43.3 Å². The molecule has 180 valence electrons. The minimum Gasteiger partial charge on any atom is -0.321 e. The lowest BCUT2D eigenvalue weighted by Gasteiger charge is -2.11. The standard InChI is InChI=1S/C27H21BrN4O3S/c1-17-14-25(27(33)30-22-11-7-19-15-21(28)10-6-20(19)16-22)32(31-17)23-12-8-18(9-13-23)24-4-2-3-5-26(24)36(29,34)35/h2-16H,1H3,(H,30,33)(H2,29,34,35). The highest BCUT2D eigenvalue weighted by Crippen LogP contribution is 2.28. The van der Waals surface area contributed by atoms with Crippen LogP contribution in [0.25, 0.3) is 27.6 Å². The third-order valence-electron chi connectivity index (χ3n) is 5.74. The molecule has 0 saturated heterocycles. The van der Waals surface area contributed by atoms with Crippen molar-refractivity contribution in [1.29, 1.82) is 0 Å². The summed E-state index contributed by atoms with van der Waals surface area (Å²) in [5, 5.41) is 14.9. The summed E-state index contributed by atoms with van der Waals surface area (Å²) in [6.45, 7) is 1.82. The molecule has 0 aliphatic carbocycles. The van der Waals surface area contributed by atoms with E-state index in [0.717, 1.165) is 15.2 Å². The Morgan fingerprint density at radius 1 is 0.917 bits per heavy atom. The van der Waals surface area contributed by atoms with Gasteiger partial charge in [-0.1, -0.05) is 58.4 Å². The third kappa shape index (κ3) is 4.81. The summed E-state index contributed by atoms with van der Waals surface area (Å²) in [7, 11) is -3.88. The number of rotatable bonds is 5. The molecule has 0 spiro atoms. The normalized spacial score (nSPS) is 11.5. The van der Waals surface area contributed by atoms with Crippen LogP contribution in [-0.4, -0.2) is 24.1 Å². The monoisotopic (exact) mass is 560 g/mol. The summed E-state index contributed by atoms with van der Waals surface area (Å²) in [6, 6.07) is 27.1. The van der Waals surface area contributed by atoms with Gasteiger partial charge in [-0.3, -0.25) is 4.79 Å². The van der Waals surface area contributed by atoms with Crippen molar-refractivity contribution >= 4 is 48.3 Å². The van der Waals surface area contributed by atoms with Gasteiger partial charge in [0.2, 0.25) is 10.0 Å². The zero-order chi connectivity index (χ0) is 25.4. The van der Waals surface area contributed by atoms with Gasteiger partial charge in [-0.15, -0.1) is 0 Å². The number of hydrogen-bond acceptors (Lipinski definition) is 4. The summed E-state index contributed by atoms with van der Waals surface area (Å²) in [6.07, 6.45) is 0. The number of nitrogens with one attached hydrogen (secondary N) is 1. The van der Waals surface area contributed by atoms with Crippen LogP contribution in [-0.2, 0) is 10.0 Å². The molecule has 1 aromatic heterocycles. The van der Waals surface area contributed by atoms with Gasteiger partial charge in [0.05, 0.1) is 16.3 Å². The van der Waals surface area contributed by atoms with Gasteiger partial charge < -0.3 is 5.32 Å². The zero-order valence-electron chi connectivity index (χ0n) is 19.1. The first-order chi connectivity index (χ1) is 17.2. The molecule has 7 nitrogen and oxygen atoms in total. The summed E-state index contributed by atoms with van der Waals surface area (Å²) in [4.78, 5) is 13.2. The first-order valence-corrected chi connectivity index (χ1v) is 13.3. The van der Waals surface area contributed by atoms with Crippen molar-refractivity contribution in [2.45, 2.75) is 11.8 Å². The van der Waals surface area contributed by atoms with Gasteiger partial charge in [-0.05, 0) is 71.8 Å². The summed E-state index contributed by atoms with van der Waals surface area (Å²) in [5.74, 6) is -0.296. The van der Waals surface area contributed by atoms with Crippen LogP contribution in [0.3, 0.4) is 0 Å². The Hall–Kier alpha value is -3.79. The molecule has 0 fully saturated rings. The molecule has 0 saturated carbocycles. The summed E-state index contributed by atoms with van der Waals surface area (Å²) >= 11 is 3.47. The maximum absolute atomic E-state index is 13.2. The lowest BCUT2D eigenvalue weighted by molar-refractivity contribution is 0.101. The largest absolute Gasteiger partial charge is 0.321 e. The number of nitrogens with two attached hydrogens (primary N) is 1. The van der Waals surface area contributed by atoms with Crippen LogP contribution in [0.5, 0.6) is 0 Å². The number of hydrogen-bond donors (Lipinski definition) is 2. The smallest absolute Gasteiger partial charge is 0.274 e. The molecular formula is C27H21BrN4O3S. The molecule has 0 radical (unpaired) electrons. The average Bonchev–Trinajstić information content (AvgIpc) is 3.25. The summed E-state index contributed by atoms with van der Waals surface area (Å²) < 4.78 is 26.5. The molecule has 3 N–H and O–H groups in total. The molecule has 0 atom stereocenters. The van der Waals surface area contributed by atoms with Crippen molar-refractivity contribution < 1.29 is 13.2 Å². The van der Waals surface area contributed by atoms with E-state index in [2.05, 4.69) is 26.3 Å². The molecule has 0 bridgehead atoms. The molecule has 1 heterocycles. The van der Waals surface area contributed by atoms with Crippen LogP contribution in [0.15, 0.2) is 100 Å². The van der Waals surface area contributed by atoms with Crippen molar-refractivity contribution in [3.8, 4) is 16.8 Å². The van der Waals surface area contributed by atoms with Gasteiger partial charge in [-0.2, -0.15) is 5.10 Å². The van der Waals surface area contributed by atoms with Gasteiger partial charge in [0.1, 0.15) is 5.69 Å². The molecule has 1 amide bonds. The second-order valence-electron chi connectivity index (χ2n) is 8.33. The Morgan fingerprint density at radius 2 is 1.61 bits per heavy atom. The molecule has 0 unspecified atom stereocenters. The van der Waals surface area contributed by atoms with Crippen LogP contribution in [0.2, 0.25) is 0 Å². The van der Waals surface area contributed by atoms with Crippen molar-refractivity contribution in [1.82, 2.24) is 9.78 Å². The number of nitrogens with zero attached hydrogens (tertiary/aromatic N) is 2. The van der Waals surface area contributed by atoms with Gasteiger partial charge in [-0.25, -0.2) is 18.2 Å². The fraction of sp³-hybridized carbons (Fsp3) is 0.0370. The fourth-order valence-corrected chi connectivity index (χ4v) is 5.22. The molecule has 9 heteroatoms. The van der Waals surface area contributed by atoms with E-state index in [1.54, 1.807) is 53.2 Å². The van der Waals surface area contributed by atoms with E-state index in [-0.39, 0.29) is 10.8 Å². The highest BCUT2D eigenvalue weighted by molar-refractivity contribution is 9.10. The molecule has 36 heavy (non-hydrogen) atoms. The maximum atomic E-state index is 13.2.